The van der Waals surface area contributed by atoms with Crippen molar-refractivity contribution in [2.24, 2.45) is 5.73 Å². The molecule has 18 heavy (non-hydrogen) atoms. The molecule has 0 unspecified atom stereocenters. The number of aromatic nitrogens is 1. The van der Waals surface area contributed by atoms with E-state index in [9.17, 15) is 4.79 Å². The fourth-order valence-corrected chi connectivity index (χ4v) is 1.99. The lowest BCUT2D eigenvalue weighted by Crippen LogP contribution is -2.10. The predicted molar refractivity (Wildman–Crippen MR) is 72.3 cm³/mol. The number of nitrogens with one attached hydrogen (secondary N) is 1. The van der Waals surface area contributed by atoms with Crippen molar-refractivity contribution in [3.63, 3.8) is 0 Å². The highest BCUT2D eigenvalue weighted by atomic mass is 16.1. The van der Waals surface area contributed by atoms with Crippen molar-refractivity contribution in [1.29, 1.82) is 0 Å². The Morgan fingerprint density at radius 3 is 2.61 bits per heavy atom. The summed E-state index contributed by atoms with van der Waals surface area (Å²) in [5.41, 5.74) is 8.20. The molecule has 2 aromatic carbocycles. The number of amides is 1. The molecule has 0 aliphatic heterocycles. The molecule has 1 amide bonds. The summed E-state index contributed by atoms with van der Waals surface area (Å²) in [4.78, 5) is 14.0. The molecule has 0 aliphatic carbocycles. The normalized spacial score (nSPS) is 11.4. The third-order valence-corrected chi connectivity index (χ3v) is 2.90. The van der Waals surface area contributed by atoms with Crippen molar-refractivity contribution in [2.45, 2.75) is 0 Å². The largest absolute Gasteiger partial charge is 0.364 e. The van der Waals surface area contributed by atoms with Crippen LogP contribution in [0.5, 0.6) is 0 Å². The van der Waals surface area contributed by atoms with Gasteiger partial charge in [-0.3, -0.25) is 4.79 Å². The number of benzene rings is 2. The lowest BCUT2D eigenvalue weighted by atomic mass is 10.0. The van der Waals surface area contributed by atoms with Gasteiger partial charge in [-0.15, -0.1) is 0 Å². The highest BCUT2D eigenvalue weighted by Gasteiger charge is 2.06. The van der Waals surface area contributed by atoms with Crippen LogP contribution >= 0.6 is 0 Å². The standard InChI is InChI=1S/C15H12N2O/c16-15(18)14-9-12-8-11(6-7-13(12)17-14)10-4-2-1-3-5-10/h1-9,17H,(H2,16,18)/i7D. The van der Waals surface area contributed by atoms with Crippen LogP contribution in [0.25, 0.3) is 22.0 Å². The molecular formula is C15H12N2O. The molecule has 0 saturated heterocycles. The summed E-state index contributed by atoms with van der Waals surface area (Å²) < 4.78 is 8.02. The van der Waals surface area contributed by atoms with Gasteiger partial charge in [0, 0.05) is 10.9 Å². The van der Waals surface area contributed by atoms with Gasteiger partial charge in [0.15, 0.2) is 0 Å². The van der Waals surface area contributed by atoms with Crippen molar-refractivity contribution >= 4 is 16.8 Å². The zero-order valence-corrected chi connectivity index (χ0v) is 9.60. The minimum absolute atomic E-state index is 0.328. The Hall–Kier alpha value is -2.55. The Bertz CT molecular complexity index is 762. The maximum Gasteiger partial charge on any atom is 0.265 e. The molecule has 0 fully saturated rings. The number of aromatic amines is 1. The van der Waals surface area contributed by atoms with Crippen LogP contribution in [-0.2, 0) is 0 Å². The van der Waals surface area contributed by atoms with E-state index in [4.69, 9.17) is 7.10 Å². The maximum atomic E-state index is 11.2. The second kappa shape index (κ2) is 4.04. The van der Waals surface area contributed by atoms with Crippen LogP contribution < -0.4 is 5.73 Å². The van der Waals surface area contributed by atoms with E-state index < -0.39 is 5.91 Å². The monoisotopic (exact) mass is 237 g/mol. The van der Waals surface area contributed by atoms with Crippen LogP contribution in [0.4, 0.5) is 0 Å². The zero-order chi connectivity index (χ0) is 13.4. The molecule has 88 valence electrons. The average Bonchev–Trinajstić information content (AvgIpc) is 2.84. The van der Waals surface area contributed by atoms with E-state index in [1.165, 1.54) is 0 Å². The number of nitrogens with two attached hydrogens (primary N) is 1. The number of rotatable bonds is 2. The first-order chi connectivity index (χ1) is 9.15. The minimum Gasteiger partial charge on any atom is -0.364 e. The van der Waals surface area contributed by atoms with Crippen molar-refractivity contribution in [2.75, 3.05) is 0 Å². The van der Waals surface area contributed by atoms with Crippen LogP contribution in [0, 0.1) is 0 Å². The molecular weight excluding hydrogens is 224 g/mol. The third-order valence-electron chi connectivity index (χ3n) is 2.90. The Balaban J connectivity index is 2.22. The van der Waals surface area contributed by atoms with E-state index in [0.29, 0.717) is 17.3 Å². The molecule has 1 heterocycles. The molecule has 0 radical (unpaired) electrons. The number of hydrogen-bond donors (Lipinski definition) is 2. The summed E-state index contributed by atoms with van der Waals surface area (Å²) in [5.74, 6) is -0.517. The van der Waals surface area contributed by atoms with Gasteiger partial charge in [0.05, 0.1) is 1.37 Å². The highest BCUT2D eigenvalue weighted by Crippen LogP contribution is 2.24. The minimum atomic E-state index is -0.517. The average molecular weight is 237 g/mol. The maximum absolute atomic E-state index is 11.2. The van der Waals surface area contributed by atoms with Gasteiger partial charge in [0.1, 0.15) is 5.69 Å². The van der Waals surface area contributed by atoms with Crippen LogP contribution in [0.2, 0.25) is 0 Å². The van der Waals surface area contributed by atoms with Crippen molar-refractivity contribution in [3.8, 4) is 11.1 Å². The Labute approximate surface area is 106 Å². The predicted octanol–water partition coefficient (Wildman–Crippen LogP) is 2.93. The van der Waals surface area contributed by atoms with Gasteiger partial charge in [-0.1, -0.05) is 36.4 Å². The van der Waals surface area contributed by atoms with Crippen LogP contribution in [0.1, 0.15) is 11.9 Å². The summed E-state index contributed by atoms with van der Waals surface area (Å²) in [7, 11) is 0. The van der Waals surface area contributed by atoms with Gasteiger partial charge in [-0.2, -0.15) is 0 Å². The van der Waals surface area contributed by atoms with Crippen molar-refractivity contribution < 1.29 is 6.17 Å². The lowest BCUT2D eigenvalue weighted by molar-refractivity contribution is 0.0996. The molecule has 0 saturated carbocycles. The fourth-order valence-electron chi connectivity index (χ4n) is 1.99. The number of fused-ring (bicyclic) bond motifs is 1. The van der Waals surface area contributed by atoms with Gasteiger partial charge in [-0.25, -0.2) is 0 Å². The molecule has 3 heteroatoms. The Morgan fingerprint density at radius 1 is 1.11 bits per heavy atom. The Morgan fingerprint density at radius 2 is 1.89 bits per heavy atom. The number of hydrogen-bond acceptors (Lipinski definition) is 1. The van der Waals surface area contributed by atoms with E-state index >= 15 is 0 Å². The number of carbonyl (C=O) groups is 1. The quantitative estimate of drug-likeness (QED) is 0.707. The smallest absolute Gasteiger partial charge is 0.265 e. The van der Waals surface area contributed by atoms with Gasteiger partial charge < -0.3 is 10.7 Å². The number of H-pyrrole nitrogens is 1. The summed E-state index contributed by atoms with van der Waals surface area (Å²) in [6.45, 7) is 0. The highest BCUT2D eigenvalue weighted by molar-refractivity contribution is 5.98. The van der Waals surface area contributed by atoms with Gasteiger partial charge in [-0.05, 0) is 29.3 Å². The first-order valence-corrected chi connectivity index (χ1v) is 5.64. The summed E-state index contributed by atoms with van der Waals surface area (Å²) in [5, 5.41) is 0.820. The van der Waals surface area contributed by atoms with E-state index in [1.54, 1.807) is 12.1 Å². The molecule has 3 aromatic rings. The van der Waals surface area contributed by atoms with E-state index in [0.717, 1.165) is 16.5 Å². The van der Waals surface area contributed by atoms with Crippen LogP contribution in [0.15, 0.2) is 54.6 Å². The van der Waals surface area contributed by atoms with E-state index in [2.05, 4.69) is 4.98 Å². The SMILES string of the molecule is [2H]c1cc(-c2ccccc2)cc2cc(C(N)=O)[nH]c12. The summed E-state index contributed by atoms with van der Waals surface area (Å²) in [6, 6.07) is 15.6. The second-order valence-electron chi connectivity index (χ2n) is 4.13. The molecule has 0 atom stereocenters. The Kier molecular flexibility index (Phi) is 2.12. The molecule has 3 nitrogen and oxygen atoms in total. The van der Waals surface area contributed by atoms with E-state index in [-0.39, 0.29) is 0 Å². The molecule has 3 N–H and O–H groups in total. The first-order valence-electron chi connectivity index (χ1n) is 6.14. The number of primary amides is 1. The van der Waals surface area contributed by atoms with Crippen LogP contribution in [0.3, 0.4) is 0 Å². The molecule has 3 rings (SSSR count). The van der Waals surface area contributed by atoms with E-state index in [1.807, 2.05) is 36.4 Å². The van der Waals surface area contributed by atoms with Gasteiger partial charge in [0.25, 0.3) is 5.91 Å². The molecule has 1 aromatic heterocycles. The summed E-state index contributed by atoms with van der Waals surface area (Å²) >= 11 is 0. The lowest BCUT2D eigenvalue weighted by Gasteiger charge is -2.00. The molecule has 0 spiro atoms. The first kappa shape index (κ1) is 9.48. The third kappa shape index (κ3) is 1.76. The molecule has 0 aliphatic rings. The van der Waals surface area contributed by atoms with Crippen molar-refractivity contribution in [3.05, 3.63) is 60.3 Å². The van der Waals surface area contributed by atoms with Crippen LogP contribution in [-0.4, -0.2) is 10.9 Å². The number of carbonyl (C=O) groups excluding carboxylic acids is 1. The fraction of sp³-hybridized carbons (Fsp3) is 0. The van der Waals surface area contributed by atoms with Gasteiger partial charge >= 0.3 is 0 Å². The molecule has 0 bridgehead atoms. The zero-order valence-electron chi connectivity index (χ0n) is 10.6. The second-order valence-corrected chi connectivity index (χ2v) is 4.13. The topological polar surface area (TPSA) is 58.9 Å². The van der Waals surface area contributed by atoms with Gasteiger partial charge in [0.2, 0.25) is 0 Å². The summed E-state index contributed by atoms with van der Waals surface area (Å²) in [6.07, 6.45) is 0. The van der Waals surface area contributed by atoms with Crippen molar-refractivity contribution in [1.82, 2.24) is 4.98 Å².